The third kappa shape index (κ3) is 2.23. The summed E-state index contributed by atoms with van der Waals surface area (Å²) in [4.78, 5) is -0.282. The van der Waals surface area contributed by atoms with E-state index in [2.05, 4.69) is 0 Å². The number of quaternary nitrogens is 1. The van der Waals surface area contributed by atoms with E-state index in [1.807, 2.05) is 0 Å². The van der Waals surface area contributed by atoms with Crippen molar-refractivity contribution in [3.05, 3.63) is 24.3 Å². The highest BCUT2D eigenvalue weighted by Gasteiger charge is 2.19. The number of hydrogen-bond donors (Lipinski definition) is 4. The summed E-state index contributed by atoms with van der Waals surface area (Å²) >= 11 is 0. The lowest BCUT2D eigenvalue weighted by Crippen LogP contribution is -3.19. The molecule has 0 spiro atoms. The number of hydrogen-bond acceptors (Lipinski definition) is 4. The van der Waals surface area contributed by atoms with E-state index < -0.39 is 10.1 Å². The normalized spacial score (nSPS) is 12.0. The highest BCUT2D eigenvalue weighted by atomic mass is 32.2. The quantitative estimate of drug-likeness (QED) is 0.258. The molecule has 0 aliphatic heterocycles. The van der Waals surface area contributed by atoms with Gasteiger partial charge in [0.2, 0.25) is 0 Å². The van der Waals surface area contributed by atoms with Crippen LogP contribution in [-0.2, 0) is 10.1 Å². The van der Waals surface area contributed by atoms with Gasteiger partial charge in [-0.25, -0.2) is 0 Å². The van der Waals surface area contributed by atoms with Crippen LogP contribution < -0.4 is 16.8 Å². The second-order valence-electron chi connectivity index (χ2n) is 2.43. The average Bonchev–Trinajstić information content (AvgIpc) is 2.03. The topological polar surface area (TPSA) is 111 Å². The second kappa shape index (κ2) is 3.40. The van der Waals surface area contributed by atoms with Gasteiger partial charge < -0.3 is 0 Å². The van der Waals surface area contributed by atoms with Gasteiger partial charge in [-0.3, -0.25) is 4.55 Å². The molecule has 0 bridgehead atoms. The van der Waals surface area contributed by atoms with Crippen molar-refractivity contribution in [2.75, 3.05) is 0 Å². The smallest absolute Gasteiger partial charge is 0.282 e. The highest BCUT2D eigenvalue weighted by molar-refractivity contribution is 7.86. The summed E-state index contributed by atoms with van der Waals surface area (Å²) in [6.45, 7) is 0. The summed E-state index contributed by atoms with van der Waals surface area (Å²) in [5.74, 6) is 10.5. The molecular weight excluding hydrogens is 194 g/mol. The first kappa shape index (κ1) is 10.1. The maximum Gasteiger partial charge on any atom is 0.300 e. The van der Waals surface area contributed by atoms with Crippen molar-refractivity contribution in [3.8, 4) is 0 Å². The minimum absolute atomic E-state index is 0.116. The summed E-state index contributed by atoms with van der Waals surface area (Å²) in [6, 6.07) is 5.68. The molecule has 0 atom stereocenters. The molecule has 1 aromatic rings. The zero-order valence-corrected chi connectivity index (χ0v) is 7.45. The third-order valence-electron chi connectivity index (χ3n) is 1.48. The Morgan fingerprint density at radius 3 is 2.15 bits per heavy atom. The first-order valence-electron chi connectivity index (χ1n) is 3.37. The van der Waals surface area contributed by atoms with Gasteiger partial charge in [0.15, 0.2) is 10.6 Å². The second-order valence-corrected chi connectivity index (χ2v) is 3.82. The van der Waals surface area contributed by atoms with Crippen molar-refractivity contribution >= 4 is 15.8 Å². The molecule has 0 amide bonds. The van der Waals surface area contributed by atoms with Gasteiger partial charge in [-0.15, -0.1) is 0 Å². The molecule has 1 rings (SSSR count). The van der Waals surface area contributed by atoms with Gasteiger partial charge in [-0.1, -0.05) is 12.1 Å². The van der Waals surface area contributed by atoms with Crippen LogP contribution in [0.1, 0.15) is 0 Å². The van der Waals surface area contributed by atoms with Crippen LogP contribution in [0.25, 0.3) is 0 Å². The lowest BCUT2D eigenvalue weighted by atomic mass is 10.3. The lowest BCUT2D eigenvalue weighted by molar-refractivity contribution is -0.860. The summed E-state index contributed by atoms with van der Waals surface area (Å²) in [5.41, 5.74) is 0.116. The maximum absolute atomic E-state index is 10.8. The molecule has 1 aromatic carbocycles. The molecule has 0 aliphatic carbocycles. The Morgan fingerprint density at radius 1 is 1.23 bits per heavy atom. The zero-order chi connectivity index (χ0) is 10.1. The van der Waals surface area contributed by atoms with Crippen molar-refractivity contribution in [1.82, 2.24) is 0 Å². The van der Waals surface area contributed by atoms with Crippen LogP contribution in [0.15, 0.2) is 29.2 Å². The van der Waals surface area contributed by atoms with Crippen molar-refractivity contribution in [3.63, 3.8) is 0 Å². The summed E-state index contributed by atoms with van der Waals surface area (Å²) in [5, 5.41) is -0.145. The Bertz CT molecular complexity index is 401. The Kier molecular flexibility index (Phi) is 2.64. The molecule has 0 radical (unpaired) electrons. The van der Waals surface area contributed by atoms with Crippen LogP contribution in [-0.4, -0.2) is 13.0 Å². The van der Waals surface area contributed by atoms with Crippen LogP contribution in [0.2, 0.25) is 0 Å². The Balaban J connectivity index is 3.37. The van der Waals surface area contributed by atoms with E-state index in [-0.39, 0.29) is 15.7 Å². The van der Waals surface area contributed by atoms with E-state index in [0.717, 1.165) is 0 Å². The predicted octanol–water partition coefficient (Wildman–Crippen LogP) is -1.80. The van der Waals surface area contributed by atoms with Gasteiger partial charge in [-0.05, 0) is 6.07 Å². The van der Waals surface area contributed by atoms with Crippen LogP contribution >= 0.6 is 0 Å². The molecule has 13 heavy (non-hydrogen) atoms. The van der Waals surface area contributed by atoms with Crippen LogP contribution in [0, 0.1) is 0 Å². The Morgan fingerprint density at radius 2 is 1.77 bits per heavy atom. The molecule has 6 nitrogen and oxygen atoms in total. The molecule has 0 aromatic heterocycles. The lowest BCUT2D eigenvalue weighted by Gasteiger charge is -2.07. The van der Waals surface area contributed by atoms with Gasteiger partial charge in [0, 0.05) is 6.07 Å². The third-order valence-corrected chi connectivity index (χ3v) is 2.39. The zero-order valence-electron chi connectivity index (χ0n) is 6.64. The number of nitrogens with two attached hydrogens (primary N) is 2. The molecule has 0 aliphatic rings. The Hall–Kier alpha value is -0.990. The minimum Gasteiger partial charge on any atom is -0.282 e. The monoisotopic (exact) mass is 204 g/mol. The molecule has 6 N–H and O–H groups in total. The molecule has 0 fully saturated rings. The van der Waals surface area contributed by atoms with E-state index >= 15 is 0 Å². The van der Waals surface area contributed by atoms with Gasteiger partial charge >= 0.3 is 10.1 Å². The first-order valence-corrected chi connectivity index (χ1v) is 4.81. The van der Waals surface area contributed by atoms with E-state index in [9.17, 15) is 8.42 Å². The number of benzene rings is 1. The number of rotatable bonds is 2. The molecule has 0 heterocycles. The highest BCUT2D eigenvalue weighted by Crippen LogP contribution is 2.15. The van der Waals surface area contributed by atoms with Gasteiger partial charge in [0.25, 0.3) is 0 Å². The average molecular weight is 204 g/mol. The van der Waals surface area contributed by atoms with Crippen LogP contribution in [0.5, 0.6) is 0 Å². The largest absolute Gasteiger partial charge is 0.300 e. The molecule has 0 saturated heterocycles. The maximum atomic E-state index is 10.8. The van der Waals surface area contributed by atoms with Crippen LogP contribution in [0.3, 0.4) is 0 Å². The fourth-order valence-electron chi connectivity index (χ4n) is 0.930. The van der Waals surface area contributed by atoms with E-state index in [0.29, 0.717) is 0 Å². The first-order chi connectivity index (χ1) is 5.93. The number of nitrogens with one attached hydrogen (secondary N) is 1. The number of nitrogen functional groups attached to an aromatic ring is 1. The Labute approximate surface area is 75.4 Å². The fraction of sp³-hybridized carbons (Fsp3) is 0. The van der Waals surface area contributed by atoms with Gasteiger partial charge in [-0.2, -0.15) is 25.2 Å². The summed E-state index contributed by atoms with van der Waals surface area (Å²) in [7, 11) is -4.26. The predicted molar refractivity (Wildman–Crippen MR) is 45.3 cm³/mol. The molecular formula is C6H10N3O3S+. The van der Waals surface area contributed by atoms with Crippen LogP contribution in [0.4, 0.5) is 5.69 Å². The van der Waals surface area contributed by atoms with E-state index in [1.165, 1.54) is 18.2 Å². The standard InChI is InChI=1S/C6H9N3O3S/c7-9(8)5-3-1-2-4-6(5)13(10,11)12/h1-4H,7-8H2,(H,10,11,12)/p+1. The molecule has 0 saturated carbocycles. The van der Waals surface area contributed by atoms with Crippen molar-refractivity contribution in [2.24, 2.45) is 11.7 Å². The van der Waals surface area contributed by atoms with Crippen molar-refractivity contribution < 1.29 is 18.1 Å². The van der Waals surface area contributed by atoms with Gasteiger partial charge in [0.1, 0.15) is 0 Å². The SMILES string of the molecule is N[NH+](N)c1ccccc1S(=O)(=O)O. The van der Waals surface area contributed by atoms with E-state index in [1.54, 1.807) is 6.07 Å². The summed E-state index contributed by atoms with van der Waals surface area (Å²) in [6.07, 6.45) is 0. The fourth-order valence-corrected chi connectivity index (χ4v) is 1.64. The minimum atomic E-state index is -4.26. The van der Waals surface area contributed by atoms with Gasteiger partial charge in [0.05, 0.1) is 0 Å². The molecule has 72 valence electrons. The molecule has 7 heteroatoms. The summed E-state index contributed by atoms with van der Waals surface area (Å²) < 4.78 is 30.3. The van der Waals surface area contributed by atoms with Crippen molar-refractivity contribution in [2.45, 2.75) is 4.90 Å². The molecule has 0 unspecified atom stereocenters. The van der Waals surface area contributed by atoms with Crippen molar-refractivity contribution in [1.29, 1.82) is 0 Å². The van der Waals surface area contributed by atoms with E-state index in [4.69, 9.17) is 16.2 Å².